The van der Waals surface area contributed by atoms with Gasteiger partial charge in [0.15, 0.2) is 0 Å². The number of hydrogen-bond acceptors (Lipinski definition) is 3. The first kappa shape index (κ1) is 15.0. The maximum absolute atomic E-state index is 12.2. The predicted molar refractivity (Wildman–Crippen MR) is 86.8 cm³/mol. The van der Waals surface area contributed by atoms with Crippen LogP contribution in [0.2, 0.25) is 0 Å². The third-order valence-electron chi connectivity index (χ3n) is 3.36. The molecule has 1 aromatic heterocycles. The standard InChI is InChI=1S/C17H21N3O/c1-4-20(13(2)3)16-7-5-14(6-8-16)17(21)19-15-9-11-18-12-10-15/h5-13H,4H2,1-3H3,(H,18,19,21). The Labute approximate surface area is 125 Å². The number of pyridine rings is 1. The van der Waals surface area contributed by atoms with Crippen molar-refractivity contribution < 1.29 is 4.79 Å². The van der Waals surface area contributed by atoms with Gasteiger partial charge in [-0.2, -0.15) is 0 Å². The molecule has 0 saturated heterocycles. The van der Waals surface area contributed by atoms with Gasteiger partial charge >= 0.3 is 0 Å². The van der Waals surface area contributed by atoms with Crippen molar-refractivity contribution in [1.82, 2.24) is 4.98 Å². The molecule has 1 N–H and O–H groups in total. The number of hydrogen-bond donors (Lipinski definition) is 1. The number of nitrogens with one attached hydrogen (secondary N) is 1. The first-order valence-corrected chi connectivity index (χ1v) is 7.20. The lowest BCUT2D eigenvalue weighted by Crippen LogP contribution is -2.30. The van der Waals surface area contributed by atoms with Gasteiger partial charge in [-0.05, 0) is 57.2 Å². The Balaban J connectivity index is 2.10. The van der Waals surface area contributed by atoms with Gasteiger partial charge in [0.2, 0.25) is 0 Å². The molecule has 0 aliphatic rings. The summed E-state index contributed by atoms with van der Waals surface area (Å²) in [5.74, 6) is -0.111. The van der Waals surface area contributed by atoms with Crippen LogP contribution in [-0.4, -0.2) is 23.5 Å². The minimum Gasteiger partial charge on any atom is -0.369 e. The van der Waals surface area contributed by atoms with E-state index in [1.807, 2.05) is 24.3 Å². The molecule has 0 spiro atoms. The minimum atomic E-state index is -0.111. The first-order chi connectivity index (χ1) is 10.1. The van der Waals surface area contributed by atoms with E-state index in [-0.39, 0.29) is 5.91 Å². The van der Waals surface area contributed by atoms with Gasteiger partial charge in [0.1, 0.15) is 0 Å². The highest BCUT2D eigenvalue weighted by Crippen LogP contribution is 2.18. The fourth-order valence-electron chi connectivity index (χ4n) is 2.29. The summed E-state index contributed by atoms with van der Waals surface area (Å²) >= 11 is 0. The zero-order valence-electron chi connectivity index (χ0n) is 12.7. The molecule has 0 radical (unpaired) electrons. The van der Waals surface area contributed by atoms with Crippen molar-refractivity contribution in [1.29, 1.82) is 0 Å². The molecule has 0 bridgehead atoms. The first-order valence-electron chi connectivity index (χ1n) is 7.20. The Bertz CT molecular complexity index is 579. The van der Waals surface area contributed by atoms with E-state index in [0.717, 1.165) is 17.9 Å². The van der Waals surface area contributed by atoms with Crippen molar-refractivity contribution in [3.8, 4) is 0 Å². The average molecular weight is 283 g/mol. The summed E-state index contributed by atoms with van der Waals surface area (Å²) in [7, 11) is 0. The summed E-state index contributed by atoms with van der Waals surface area (Å²) in [5.41, 5.74) is 2.53. The van der Waals surface area contributed by atoms with Crippen LogP contribution in [0.1, 0.15) is 31.1 Å². The van der Waals surface area contributed by atoms with Crippen LogP contribution in [0.15, 0.2) is 48.8 Å². The molecule has 2 rings (SSSR count). The summed E-state index contributed by atoms with van der Waals surface area (Å²) in [6.07, 6.45) is 3.31. The van der Waals surface area contributed by atoms with Gasteiger partial charge in [0.25, 0.3) is 5.91 Å². The third-order valence-corrected chi connectivity index (χ3v) is 3.36. The minimum absolute atomic E-state index is 0.111. The second-order valence-corrected chi connectivity index (χ2v) is 5.12. The maximum Gasteiger partial charge on any atom is 0.255 e. The van der Waals surface area contributed by atoms with Crippen molar-refractivity contribution in [3.63, 3.8) is 0 Å². The monoisotopic (exact) mass is 283 g/mol. The quantitative estimate of drug-likeness (QED) is 0.912. The third kappa shape index (κ3) is 3.81. The molecule has 0 atom stereocenters. The molecule has 1 amide bonds. The molecule has 21 heavy (non-hydrogen) atoms. The van der Waals surface area contributed by atoms with Crippen LogP contribution in [-0.2, 0) is 0 Å². The topological polar surface area (TPSA) is 45.2 Å². The summed E-state index contributed by atoms with van der Waals surface area (Å²) in [5, 5.41) is 2.85. The molecule has 0 fully saturated rings. The molecule has 4 nitrogen and oxygen atoms in total. The zero-order valence-corrected chi connectivity index (χ0v) is 12.7. The summed E-state index contributed by atoms with van der Waals surface area (Å²) in [6, 6.07) is 11.7. The van der Waals surface area contributed by atoms with E-state index in [0.29, 0.717) is 11.6 Å². The second-order valence-electron chi connectivity index (χ2n) is 5.12. The van der Waals surface area contributed by atoms with E-state index in [1.165, 1.54) is 0 Å². The lowest BCUT2D eigenvalue weighted by Gasteiger charge is -2.27. The number of anilines is 2. The van der Waals surface area contributed by atoms with Crippen LogP contribution >= 0.6 is 0 Å². The van der Waals surface area contributed by atoms with Crippen molar-refractivity contribution in [2.24, 2.45) is 0 Å². The van der Waals surface area contributed by atoms with Crippen LogP contribution in [0.4, 0.5) is 11.4 Å². The molecule has 0 aliphatic heterocycles. The van der Waals surface area contributed by atoms with E-state index < -0.39 is 0 Å². The molecule has 1 aromatic carbocycles. The lowest BCUT2D eigenvalue weighted by atomic mass is 10.1. The van der Waals surface area contributed by atoms with E-state index in [9.17, 15) is 4.79 Å². The van der Waals surface area contributed by atoms with Crippen LogP contribution in [0.5, 0.6) is 0 Å². The van der Waals surface area contributed by atoms with Crippen LogP contribution in [0.25, 0.3) is 0 Å². The van der Waals surface area contributed by atoms with Crippen LogP contribution in [0, 0.1) is 0 Å². The van der Waals surface area contributed by atoms with Gasteiger partial charge < -0.3 is 10.2 Å². The highest BCUT2D eigenvalue weighted by atomic mass is 16.1. The highest BCUT2D eigenvalue weighted by Gasteiger charge is 2.10. The number of benzene rings is 1. The summed E-state index contributed by atoms with van der Waals surface area (Å²) in [6.45, 7) is 7.39. The van der Waals surface area contributed by atoms with Crippen molar-refractivity contribution >= 4 is 17.3 Å². The van der Waals surface area contributed by atoms with Gasteiger partial charge in [-0.1, -0.05) is 0 Å². The number of carbonyl (C=O) groups excluding carboxylic acids is 1. The molecule has 2 aromatic rings. The molecular weight excluding hydrogens is 262 g/mol. The number of nitrogens with zero attached hydrogens (tertiary/aromatic N) is 2. The number of amides is 1. The molecule has 4 heteroatoms. The average Bonchev–Trinajstić information content (AvgIpc) is 2.49. The normalized spacial score (nSPS) is 10.5. The van der Waals surface area contributed by atoms with E-state index >= 15 is 0 Å². The largest absolute Gasteiger partial charge is 0.369 e. The number of aromatic nitrogens is 1. The van der Waals surface area contributed by atoms with E-state index in [2.05, 4.69) is 36.0 Å². The number of rotatable bonds is 5. The molecule has 0 unspecified atom stereocenters. The SMILES string of the molecule is CCN(c1ccc(C(=O)Nc2ccncc2)cc1)C(C)C. The Kier molecular flexibility index (Phi) is 4.93. The van der Waals surface area contributed by atoms with Crippen LogP contribution < -0.4 is 10.2 Å². The molecule has 1 heterocycles. The van der Waals surface area contributed by atoms with Gasteiger partial charge in [-0.25, -0.2) is 0 Å². The van der Waals surface area contributed by atoms with Gasteiger partial charge in [-0.3, -0.25) is 9.78 Å². The predicted octanol–water partition coefficient (Wildman–Crippen LogP) is 3.57. The van der Waals surface area contributed by atoms with Crippen molar-refractivity contribution in [2.75, 3.05) is 16.8 Å². The van der Waals surface area contributed by atoms with Crippen molar-refractivity contribution in [2.45, 2.75) is 26.8 Å². The zero-order chi connectivity index (χ0) is 15.2. The Hall–Kier alpha value is -2.36. The Morgan fingerprint density at radius 2 is 1.76 bits per heavy atom. The maximum atomic E-state index is 12.2. The highest BCUT2D eigenvalue weighted by molar-refractivity contribution is 6.04. The molecule has 110 valence electrons. The Morgan fingerprint density at radius 3 is 2.29 bits per heavy atom. The molecular formula is C17H21N3O. The van der Waals surface area contributed by atoms with Gasteiger partial charge in [0.05, 0.1) is 0 Å². The van der Waals surface area contributed by atoms with Crippen LogP contribution in [0.3, 0.4) is 0 Å². The Morgan fingerprint density at radius 1 is 1.14 bits per heavy atom. The molecule has 0 saturated carbocycles. The number of carbonyl (C=O) groups is 1. The fourth-order valence-corrected chi connectivity index (χ4v) is 2.29. The second kappa shape index (κ2) is 6.88. The summed E-state index contributed by atoms with van der Waals surface area (Å²) in [4.78, 5) is 18.4. The van der Waals surface area contributed by atoms with Gasteiger partial charge in [0, 0.05) is 41.9 Å². The molecule has 0 aliphatic carbocycles. The van der Waals surface area contributed by atoms with Crippen molar-refractivity contribution in [3.05, 3.63) is 54.4 Å². The van der Waals surface area contributed by atoms with E-state index in [4.69, 9.17) is 0 Å². The van der Waals surface area contributed by atoms with E-state index in [1.54, 1.807) is 24.5 Å². The smallest absolute Gasteiger partial charge is 0.255 e. The summed E-state index contributed by atoms with van der Waals surface area (Å²) < 4.78 is 0. The lowest BCUT2D eigenvalue weighted by molar-refractivity contribution is 0.102. The van der Waals surface area contributed by atoms with Gasteiger partial charge in [-0.15, -0.1) is 0 Å². The fraction of sp³-hybridized carbons (Fsp3) is 0.294.